The third-order valence-corrected chi connectivity index (χ3v) is 4.24. The lowest BCUT2D eigenvalue weighted by molar-refractivity contribution is 0.0995. The van der Waals surface area contributed by atoms with Crippen LogP contribution in [0.1, 0.15) is 34.2 Å². The molecule has 0 radical (unpaired) electrons. The summed E-state index contributed by atoms with van der Waals surface area (Å²) in [4.78, 5) is 18.5. The first-order valence-electron chi connectivity index (χ1n) is 7.60. The van der Waals surface area contributed by atoms with Crippen molar-refractivity contribution >= 4 is 16.8 Å². The molecule has 3 rings (SSSR count). The third kappa shape index (κ3) is 2.98. The standard InChI is InChI=1S/C17H20N4O2/c1-11-13(14-4-2-3-5-15(14)20-11)7-6-12(9-22)21-8-16(17(18)23)19-10-21/h2-5,8,10,12,20,22H,6-7,9H2,1H3,(H2,18,23)/t12-/m1/s1. The number of benzene rings is 1. The van der Waals surface area contributed by atoms with Gasteiger partial charge in [-0.15, -0.1) is 0 Å². The molecule has 0 aliphatic carbocycles. The van der Waals surface area contributed by atoms with Gasteiger partial charge in [0, 0.05) is 22.8 Å². The van der Waals surface area contributed by atoms with E-state index < -0.39 is 5.91 Å². The van der Waals surface area contributed by atoms with E-state index in [9.17, 15) is 9.90 Å². The normalized spacial score (nSPS) is 12.6. The minimum atomic E-state index is -0.562. The Kier molecular flexibility index (Phi) is 4.16. The number of imidazole rings is 1. The van der Waals surface area contributed by atoms with E-state index >= 15 is 0 Å². The highest BCUT2D eigenvalue weighted by molar-refractivity contribution is 5.90. The number of amides is 1. The number of rotatable bonds is 6. The molecule has 0 saturated heterocycles. The Balaban J connectivity index is 1.79. The van der Waals surface area contributed by atoms with E-state index in [1.165, 1.54) is 10.9 Å². The number of nitrogens with one attached hydrogen (secondary N) is 1. The van der Waals surface area contributed by atoms with Crippen molar-refractivity contribution in [3.05, 3.63) is 53.7 Å². The number of aliphatic hydroxyl groups excluding tert-OH is 1. The van der Waals surface area contributed by atoms with Crippen molar-refractivity contribution in [2.75, 3.05) is 6.61 Å². The molecule has 23 heavy (non-hydrogen) atoms. The molecule has 0 aliphatic rings. The molecule has 2 aromatic heterocycles. The van der Waals surface area contributed by atoms with Gasteiger partial charge in [-0.05, 0) is 31.4 Å². The summed E-state index contributed by atoms with van der Waals surface area (Å²) in [5.74, 6) is -0.562. The Morgan fingerprint density at radius 1 is 1.43 bits per heavy atom. The summed E-state index contributed by atoms with van der Waals surface area (Å²) in [6, 6.07) is 8.06. The number of H-pyrrole nitrogens is 1. The van der Waals surface area contributed by atoms with Crippen molar-refractivity contribution in [1.82, 2.24) is 14.5 Å². The van der Waals surface area contributed by atoms with Gasteiger partial charge in [-0.2, -0.15) is 0 Å². The minimum Gasteiger partial charge on any atom is -0.394 e. The van der Waals surface area contributed by atoms with E-state index in [2.05, 4.69) is 29.0 Å². The predicted octanol–water partition coefficient (Wildman–Crippen LogP) is 1.94. The van der Waals surface area contributed by atoms with Gasteiger partial charge in [0.15, 0.2) is 0 Å². The fourth-order valence-corrected chi connectivity index (χ4v) is 2.97. The average Bonchev–Trinajstić information content (AvgIpc) is 3.13. The zero-order chi connectivity index (χ0) is 16.4. The van der Waals surface area contributed by atoms with Crippen molar-refractivity contribution < 1.29 is 9.90 Å². The number of hydrogen-bond acceptors (Lipinski definition) is 3. The van der Waals surface area contributed by atoms with Crippen molar-refractivity contribution in [3.63, 3.8) is 0 Å². The van der Waals surface area contributed by atoms with Gasteiger partial charge in [0.1, 0.15) is 5.69 Å². The second-order valence-corrected chi connectivity index (χ2v) is 5.72. The molecule has 0 bridgehead atoms. The molecule has 0 unspecified atom stereocenters. The van der Waals surface area contributed by atoms with Crippen molar-refractivity contribution in [1.29, 1.82) is 0 Å². The van der Waals surface area contributed by atoms with Crippen LogP contribution < -0.4 is 5.73 Å². The van der Waals surface area contributed by atoms with E-state index in [0.29, 0.717) is 0 Å². The molecule has 120 valence electrons. The van der Waals surface area contributed by atoms with Gasteiger partial charge in [0.25, 0.3) is 5.91 Å². The third-order valence-electron chi connectivity index (χ3n) is 4.24. The maximum absolute atomic E-state index is 11.1. The smallest absolute Gasteiger partial charge is 0.268 e. The first-order valence-corrected chi connectivity index (χ1v) is 7.60. The summed E-state index contributed by atoms with van der Waals surface area (Å²) >= 11 is 0. The Hall–Kier alpha value is -2.60. The summed E-state index contributed by atoms with van der Waals surface area (Å²) in [6.45, 7) is 2.04. The van der Waals surface area contributed by atoms with Crippen molar-refractivity contribution in [2.24, 2.45) is 5.73 Å². The number of nitrogens with zero attached hydrogens (tertiary/aromatic N) is 2. The number of aliphatic hydroxyl groups is 1. The summed E-state index contributed by atoms with van der Waals surface area (Å²) in [7, 11) is 0. The molecule has 1 atom stereocenters. The topological polar surface area (TPSA) is 96.9 Å². The summed E-state index contributed by atoms with van der Waals surface area (Å²) in [5, 5.41) is 10.9. The fraction of sp³-hybridized carbons (Fsp3) is 0.294. The van der Waals surface area contributed by atoms with Crippen LogP contribution in [0.3, 0.4) is 0 Å². The SMILES string of the molecule is Cc1[nH]c2ccccc2c1CC[C@H](CO)n1cnc(C(N)=O)c1. The predicted molar refractivity (Wildman–Crippen MR) is 88.2 cm³/mol. The largest absolute Gasteiger partial charge is 0.394 e. The molecular formula is C17H20N4O2. The number of fused-ring (bicyclic) bond motifs is 1. The van der Waals surface area contributed by atoms with E-state index in [0.717, 1.165) is 24.1 Å². The highest BCUT2D eigenvalue weighted by atomic mass is 16.3. The maximum atomic E-state index is 11.1. The lowest BCUT2D eigenvalue weighted by Gasteiger charge is -2.15. The van der Waals surface area contributed by atoms with Crippen LogP contribution in [0.5, 0.6) is 0 Å². The van der Waals surface area contributed by atoms with Gasteiger partial charge in [0.05, 0.1) is 19.0 Å². The molecule has 3 aromatic rings. The second kappa shape index (κ2) is 6.26. The van der Waals surface area contributed by atoms with Crippen LogP contribution in [0.4, 0.5) is 0 Å². The number of carbonyl (C=O) groups excluding carboxylic acids is 1. The number of aromatic amines is 1. The van der Waals surface area contributed by atoms with Crippen LogP contribution in [-0.4, -0.2) is 32.2 Å². The van der Waals surface area contributed by atoms with E-state index in [1.54, 1.807) is 17.1 Å². The van der Waals surface area contributed by atoms with Crippen molar-refractivity contribution in [3.8, 4) is 0 Å². The van der Waals surface area contributed by atoms with Gasteiger partial charge in [-0.1, -0.05) is 18.2 Å². The second-order valence-electron chi connectivity index (χ2n) is 5.72. The summed E-state index contributed by atoms with van der Waals surface area (Å²) < 4.78 is 1.75. The molecule has 0 spiro atoms. The summed E-state index contributed by atoms with van der Waals surface area (Å²) in [5.41, 5.74) is 8.96. The highest BCUT2D eigenvalue weighted by Gasteiger charge is 2.15. The lowest BCUT2D eigenvalue weighted by atomic mass is 10.0. The first-order chi connectivity index (χ1) is 11.1. The Morgan fingerprint density at radius 3 is 2.91 bits per heavy atom. The summed E-state index contributed by atoms with van der Waals surface area (Å²) in [6.07, 6.45) is 4.70. The molecule has 2 heterocycles. The Bertz CT molecular complexity index is 834. The van der Waals surface area contributed by atoms with E-state index in [4.69, 9.17) is 5.73 Å². The molecule has 0 aliphatic heterocycles. The maximum Gasteiger partial charge on any atom is 0.268 e. The fourth-order valence-electron chi connectivity index (χ4n) is 2.97. The Labute approximate surface area is 134 Å². The number of nitrogens with two attached hydrogens (primary N) is 1. The van der Waals surface area contributed by atoms with Crippen LogP contribution >= 0.6 is 0 Å². The van der Waals surface area contributed by atoms with Gasteiger partial charge >= 0.3 is 0 Å². The van der Waals surface area contributed by atoms with Crippen LogP contribution in [-0.2, 0) is 6.42 Å². The van der Waals surface area contributed by atoms with E-state index in [-0.39, 0.29) is 18.3 Å². The van der Waals surface area contributed by atoms with Crippen LogP contribution in [0.2, 0.25) is 0 Å². The average molecular weight is 312 g/mol. The first kappa shape index (κ1) is 15.3. The van der Waals surface area contributed by atoms with E-state index in [1.807, 2.05) is 12.1 Å². The van der Waals surface area contributed by atoms with Crippen LogP contribution in [0.25, 0.3) is 10.9 Å². The number of carbonyl (C=O) groups is 1. The van der Waals surface area contributed by atoms with Gasteiger partial charge < -0.3 is 20.4 Å². The number of hydrogen-bond donors (Lipinski definition) is 3. The minimum absolute atomic E-state index is 0.0179. The highest BCUT2D eigenvalue weighted by Crippen LogP contribution is 2.25. The zero-order valence-electron chi connectivity index (χ0n) is 13.0. The molecule has 6 heteroatoms. The number of aryl methyl sites for hydroxylation is 2. The quantitative estimate of drug-likeness (QED) is 0.649. The number of aromatic nitrogens is 3. The van der Waals surface area contributed by atoms with Crippen LogP contribution in [0.15, 0.2) is 36.8 Å². The molecule has 6 nitrogen and oxygen atoms in total. The van der Waals surface area contributed by atoms with Gasteiger partial charge in [0.2, 0.25) is 0 Å². The lowest BCUT2D eigenvalue weighted by Crippen LogP contribution is -2.14. The van der Waals surface area contributed by atoms with Crippen molar-refractivity contribution in [2.45, 2.75) is 25.8 Å². The van der Waals surface area contributed by atoms with Gasteiger partial charge in [-0.25, -0.2) is 4.98 Å². The zero-order valence-corrected chi connectivity index (χ0v) is 13.0. The number of para-hydroxylation sites is 1. The number of primary amides is 1. The monoisotopic (exact) mass is 312 g/mol. The molecule has 0 fully saturated rings. The van der Waals surface area contributed by atoms with Crippen LogP contribution in [0, 0.1) is 6.92 Å². The molecule has 4 N–H and O–H groups in total. The molecule has 0 saturated carbocycles. The molecule has 1 aromatic carbocycles. The molecular weight excluding hydrogens is 292 g/mol. The Morgan fingerprint density at radius 2 is 2.22 bits per heavy atom. The van der Waals surface area contributed by atoms with Gasteiger partial charge in [-0.3, -0.25) is 4.79 Å². The molecule has 1 amide bonds.